The Morgan fingerprint density at radius 2 is 2.50 bits per heavy atom. The summed E-state index contributed by atoms with van der Waals surface area (Å²) in [6.45, 7) is 5.13. The highest BCUT2D eigenvalue weighted by atomic mass is 15.1. The summed E-state index contributed by atoms with van der Waals surface area (Å²) in [6, 6.07) is -0.144. The van der Waals surface area contributed by atoms with Gasteiger partial charge in [-0.1, -0.05) is 12.0 Å². The number of azide groups is 1. The van der Waals surface area contributed by atoms with E-state index in [1.165, 1.54) is 0 Å². The highest BCUT2D eigenvalue weighted by Gasteiger charge is 1.78. The van der Waals surface area contributed by atoms with Gasteiger partial charge in [-0.05, 0) is 12.5 Å². The Labute approximate surface area is 36.6 Å². The summed E-state index contributed by atoms with van der Waals surface area (Å²) in [4.78, 5) is 2.50. The molecule has 0 aliphatic carbocycles. The zero-order valence-electron chi connectivity index (χ0n) is 3.63. The standard InChI is InChI=1S/C3H6N3/c1-3(2)5-6-4/h3H,1H2,2H3/t3-/m0/s1. The molecule has 0 heterocycles. The van der Waals surface area contributed by atoms with E-state index in [0.717, 1.165) is 0 Å². The molecule has 0 fully saturated rings. The van der Waals surface area contributed by atoms with Crippen molar-refractivity contribution in [1.29, 1.82) is 0 Å². The van der Waals surface area contributed by atoms with Gasteiger partial charge in [0.05, 0.1) is 0 Å². The van der Waals surface area contributed by atoms with E-state index in [9.17, 15) is 0 Å². The smallest absolute Gasteiger partial charge is 0.0345 e. The molecule has 1 atom stereocenters. The summed E-state index contributed by atoms with van der Waals surface area (Å²) in [5.41, 5.74) is 7.66. The number of rotatable bonds is 1. The van der Waals surface area contributed by atoms with Crippen LogP contribution >= 0.6 is 0 Å². The van der Waals surface area contributed by atoms with Crippen molar-refractivity contribution in [3.63, 3.8) is 0 Å². The van der Waals surface area contributed by atoms with Gasteiger partial charge in [-0.3, -0.25) is 0 Å². The van der Waals surface area contributed by atoms with Crippen LogP contribution < -0.4 is 0 Å². The maximum atomic E-state index is 7.66. The van der Waals surface area contributed by atoms with Gasteiger partial charge in [0.25, 0.3) is 0 Å². The summed E-state index contributed by atoms with van der Waals surface area (Å²) in [6.07, 6.45) is 0. The van der Waals surface area contributed by atoms with Crippen LogP contribution in [0.1, 0.15) is 6.92 Å². The first-order valence-electron chi connectivity index (χ1n) is 1.64. The summed E-state index contributed by atoms with van der Waals surface area (Å²) in [5, 5.41) is 3.19. The maximum Gasteiger partial charge on any atom is 0.0345 e. The minimum Gasteiger partial charge on any atom is -0.0909 e. The zero-order chi connectivity index (χ0) is 4.99. The molecule has 0 aliphatic rings. The lowest BCUT2D eigenvalue weighted by atomic mass is 10.4. The van der Waals surface area contributed by atoms with Gasteiger partial charge in [0.2, 0.25) is 0 Å². The molecule has 0 saturated carbocycles. The predicted molar refractivity (Wildman–Crippen MR) is 24.0 cm³/mol. The van der Waals surface area contributed by atoms with Crippen LogP contribution in [0.25, 0.3) is 10.4 Å². The first-order chi connectivity index (χ1) is 2.77. The topological polar surface area (TPSA) is 48.8 Å². The molecule has 0 aromatic carbocycles. The van der Waals surface area contributed by atoms with Gasteiger partial charge in [-0.15, -0.1) is 0 Å². The molecule has 1 radical (unpaired) electrons. The van der Waals surface area contributed by atoms with Crippen molar-refractivity contribution >= 4 is 0 Å². The summed E-state index contributed by atoms with van der Waals surface area (Å²) >= 11 is 0. The van der Waals surface area contributed by atoms with Gasteiger partial charge in [0, 0.05) is 11.0 Å². The molecule has 6 heavy (non-hydrogen) atoms. The highest BCUT2D eigenvalue weighted by molar-refractivity contribution is 4.59. The highest BCUT2D eigenvalue weighted by Crippen LogP contribution is 1.81. The lowest BCUT2D eigenvalue weighted by molar-refractivity contribution is 0.908. The second-order valence-electron chi connectivity index (χ2n) is 1.05. The molecule has 3 heteroatoms. The molecule has 0 N–H and O–H groups in total. The van der Waals surface area contributed by atoms with Crippen molar-refractivity contribution in [3.8, 4) is 0 Å². The van der Waals surface area contributed by atoms with Gasteiger partial charge >= 0.3 is 0 Å². The van der Waals surface area contributed by atoms with Crippen molar-refractivity contribution in [2.45, 2.75) is 13.0 Å². The Balaban J connectivity index is 3.29. The zero-order valence-corrected chi connectivity index (χ0v) is 3.63. The van der Waals surface area contributed by atoms with Gasteiger partial charge in [0.1, 0.15) is 0 Å². The molecule has 0 rings (SSSR count). The molecule has 0 saturated heterocycles. The van der Waals surface area contributed by atoms with Crippen molar-refractivity contribution < 1.29 is 0 Å². The molecule has 0 aliphatic heterocycles. The van der Waals surface area contributed by atoms with E-state index in [2.05, 4.69) is 16.9 Å². The second-order valence-corrected chi connectivity index (χ2v) is 1.05. The average Bonchev–Trinajstić information content (AvgIpc) is 1.35. The molecule has 33 valence electrons. The van der Waals surface area contributed by atoms with E-state index in [-0.39, 0.29) is 6.04 Å². The summed E-state index contributed by atoms with van der Waals surface area (Å²) in [5.74, 6) is 0. The molecular weight excluding hydrogens is 78.1 g/mol. The van der Waals surface area contributed by atoms with Crippen LogP contribution in [-0.4, -0.2) is 6.04 Å². The first kappa shape index (κ1) is 5.31. The number of hydrogen-bond acceptors (Lipinski definition) is 1. The largest absolute Gasteiger partial charge is 0.0909 e. The van der Waals surface area contributed by atoms with Gasteiger partial charge in [0.15, 0.2) is 0 Å². The maximum absolute atomic E-state index is 7.66. The van der Waals surface area contributed by atoms with Crippen molar-refractivity contribution in [2.24, 2.45) is 5.11 Å². The quantitative estimate of drug-likeness (QED) is 0.263. The van der Waals surface area contributed by atoms with Crippen molar-refractivity contribution in [1.82, 2.24) is 0 Å². The molecule has 0 aromatic rings. The predicted octanol–water partition coefficient (Wildman–Crippen LogP) is 1.52. The van der Waals surface area contributed by atoms with Crippen LogP contribution in [0.2, 0.25) is 0 Å². The molecule has 0 spiro atoms. The van der Waals surface area contributed by atoms with Gasteiger partial charge in [-0.2, -0.15) is 0 Å². The van der Waals surface area contributed by atoms with Crippen LogP contribution in [0, 0.1) is 6.92 Å². The SMILES string of the molecule is [CH2][C@@H](C)N=[N+]=[N-]. The fourth-order valence-corrected chi connectivity index (χ4v) is 0.0882. The van der Waals surface area contributed by atoms with E-state index in [4.69, 9.17) is 5.53 Å². The van der Waals surface area contributed by atoms with Crippen LogP contribution in [0.5, 0.6) is 0 Å². The lowest BCUT2D eigenvalue weighted by Crippen LogP contribution is -1.82. The van der Waals surface area contributed by atoms with E-state index >= 15 is 0 Å². The molecule has 0 aromatic heterocycles. The number of hydrogen-bond donors (Lipinski definition) is 0. The van der Waals surface area contributed by atoms with E-state index in [1.54, 1.807) is 6.92 Å². The van der Waals surface area contributed by atoms with Gasteiger partial charge in [-0.25, -0.2) is 0 Å². The van der Waals surface area contributed by atoms with Crippen molar-refractivity contribution in [2.75, 3.05) is 0 Å². The third kappa shape index (κ3) is 3.31. The van der Waals surface area contributed by atoms with E-state index in [1.807, 2.05) is 0 Å². The Kier molecular flexibility index (Phi) is 2.25. The minimum absolute atomic E-state index is 0.144. The Hall–Kier alpha value is -0.690. The van der Waals surface area contributed by atoms with Crippen LogP contribution in [0.15, 0.2) is 5.11 Å². The second kappa shape index (κ2) is 2.54. The molecule has 0 unspecified atom stereocenters. The third-order valence-electron chi connectivity index (χ3n) is 0.249. The summed E-state index contributed by atoms with van der Waals surface area (Å²) in [7, 11) is 0. The summed E-state index contributed by atoms with van der Waals surface area (Å²) < 4.78 is 0. The van der Waals surface area contributed by atoms with Crippen LogP contribution in [0.3, 0.4) is 0 Å². The van der Waals surface area contributed by atoms with Crippen molar-refractivity contribution in [3.05, 3.63) is 17.4 Å². The van der Waals surface area contributed by atoms with E-state index in [0.29, 0.717) is 0 Å². The minimum atomic E-state index is -0.144. The van der Waals surface area contributed by atoms with Crippen LogP contribution in [0.4, 0.5) is 0 Å². The van der Waals surface area contributed by atoms with Gasteiger partial charge < -0.3 is 0 Å². The Morgan fingerprint density at radius 1 is 2.00 bits per heavy atom. The Bertz CT molecular complexity index is 70.1. The fourth-order valence-electron chi connectivity index (χ4n) is 0.0882. The fraction of sp³-hybridized carbons (Fsp3) is 0.667. The monoisotopic (exact) mass is 84.1 g/mol. The van der Waals surface area contributed by atoms with Crippen LogP contribution in [-0.2, 0) is 0 Å². The first-order valence-corrected chi connectivity index (χ1v) is 1.64. The lowest BCUT2D eigenvalue weighted by Gasteiger charge is -1.81. The number of nitrogens with zero attached hydrogens (tertiary/aromatic N) is 3. The normalized spacial score (nSPS) is 7.83. The third-order valence-corrected chi connectivity index (χ3v) is 0.249. The molecular formula is C3H6N3. The Morgan fingerprint density at radius 3 is 2.50 bits per heavy atom. The average molecular weight is 84.1 g/mol. The molecule has 0 bridgehead atoms. The molecule has 0 amide bonds. The molecule has 3 nitrogen and oxygen atoms in total. The van der Waals surface area contributed by atoms with E-state index < -0.39 is 0 Å².